The Morgan fingerprint density at radius 3 is 2.12 bits per heavy atom. The Morgan fingerprint density at radius 1 is 0.912 bits per heavy atom. The Morgan fingerprint density at radius 2 is 1.53 bits per heavy atom. The largest absolute Gasteiger partial charge is 0.480 e. The minimum atomic E-state index is -1.10. The number of anilines is 1. The molecule has 0 saturated carbocycles. The Labute approximate surface area is 197 Å². The minimum absolute atomic E-state index is 0.0563. The van der Waals surface area contributed by atoms with Gasteiger partial charge in [-0.15, -0.1) is 0 Å². The van der Waals surface area contributed by atoms with Gasteiger partial charge in [0.05, 0.1) is 0 Å². The summed E-state index contributed by atoms with van der Waals surface area (Å²) < 4.78 is 5.54. The van der Waals surface area contributed by atoms with Crippen molar-refractivity contribution in [1.82, 2.24) is 5.32 Å². The number of carbonyl (C=O) groups excluding carboxylic acids is 2. The standard InChI is InChI=1S/C27H26N2O5/c1-16(2)24(26(31)32)29-25(30)17-8-7-9-18(14-17)28-27(33)34-15-23-21-12-5-3-10-19(21)20-11-4-6-13-22(20)23/h3-14,16,23-24H,15H2,1-2H3,(H,28,33)(H,29,30)(H,31,32)/t24-/m1/s1. The van der Waals surface area contributed by atoms with Crippen molar-refractivity contribution in [3.8, 4) is 11.1 Å². The molecule has 3 aromatic rings. The van der Waals surface area contributed by atoms with E-state index in [0.717, 1.165) is 22.3 Å². The molecule has 0 unspecified atom stereocenters. The van der Waals surface area contributed by atoms with Crippen LogP contribution in [0.1, 0.15) is 41.3 Å². The summed E-state index contributed by atoms with van der Waals surface area (Å²) in [4.78, 5) is 36.4. The second-order valence-corrected chi connectivity index (χ2v) is 8.56. The van der Waals surface area contributed by atoms with Crippen molar-refractivity contribution >= 4 is 23.7 Å². The summed E-state index contributed by atoms with van der Waals surface area (Å²) in [6, 6.07) is 21.4. The SMILES string of the molecule is CC(C)[C@@H](NC(=O)c1cccc(NC(=O)OCC2c3ccccc3-c3ccccc32)c1)C(=O)O. The molecule has 174 valence electrons. The molecule has 0 aromatic heterocycles. The van der Waals surface area contributed by atoms with Crippen LogP contribution in [0, 0.1) is 5.92 Å². The van der Waals surface area contributed by atoms with Crippen LogP contribution in [0.3, 0.4) is 0 Å². The van der Waals surface area contributed by atoms with Gasteiger partial charge in [0.15, 0.2) is 0 Å². The number of ether oxygens (including phenoxy) is 1. The van der Waals surface area contributed by atoms with Crippen LogP contribution >= 0.6 is 0 Å². The number of hydrogen-bond acceptors (Lipinski definition) is 4. The first kappa shape index (κ1) is 23.0. The van der Waals surface area contributed by atoms with Gasteiger partial charge in [-0.3, -0.25) is 10.1 Å². The maximum atomic E-state index is 12.5. The van der Waals surface area contributed by atoms with Gasteiger partial charge in [-0.05, 0) is 46.4 Å². The monoisotopic (exact) mass is 458 g/mol. The lowest BCUT2D eigenvalue weighted by atomic mass is 9.98. The van der Waals surface area contributed by atoms with E-state index in [1.165, 1.54) is 6.07 Å². The molecular formula is C27H26N2O5. The van der Waals surface area contributed by atoms with Crippen molar-refractivity contribution in [1.29, 1.82) is 0 Å². The first-order valence-electron chi connectivity index (χ1n) is 11.1. The first-order valence-corrected chi connectivity index (χ1v) is 11.1. The lowest BCUT2D eigenvalue weighted by Gasteiger charge is -2.18. The van der Waals surface area contributed by atoms with Crippen molar-refractivity contribution in [3.63, 3.8) is 0 Å². The lowest BCUT2D eigenvalue weighted by molar-refractivity contribution is -0.140. The molecule has 1 atom stereocenters. The zero-order valence-corrected chi connectivity index (χ0v) is 18.9. The van der Waals surface area contributed by atoms with Crippen LogP contribution < -0.4 is 10.6 Å². The molecule has 1 aliphatic carbocycles. The highest BCUT2D eigenvalue weighted by Crippen LogP contribution is 2.44. The van der Waals surface area contributed by atoms with Crippen molar-refractivity contribution in [2.45, 2.75) is 25.8 Å². The maximum absolute atomic E-state index is 12.5. The van der Waals surface area contributed by atoms with Gasteiger partial charge in [-0.25, -0.2) is 9.59 Å². The van der Waals surface area contributed by atoms with Gasteiger partial charge < -0.3 is 15.2 Å². The molecule has 7 nitrogen and oxygen atoms in total. The van der Waals surface area contributed by atoms with E-state index in [-0.39, 0.29) is 24.0 Å². The Balaban J connectivity index is 1.41. The quantitative estimate of drug-likeness (QED) is 0.468. The van der Waals surface area contributed by atoms with E-state index in [2.05, 4.69) is 22.8 Å². The summed E-state index contributed by atoms with van der Waals surface area (Å²) in [6.07, 6.45) is -0.634. The number of hydrogen-bond donors (Lipinski definition) is 3. The van der Waals surface area contributed by atoms with E-state index in [1.54, 1.807) is 32.0 Å². The highest BCUT2D eigenvalue weighted by atomic mass is 16.5. The third kappa shape index (κ3) is 4.78. The number of carboxylic acids is 1. The van der Waals surface area contributed by atoms with Crippen molar-refractivity contribution in [3.05, 3.63) is 89.5 Å². The van der Waals surface area contributed by atoms with E-state index in [1.807, 2.05) is 36.4 Å². The predicted octanol–water partition coefficient (Wildman–Crippen LogP) is 4.89. The molecular weight excluding hydrogens is 432 g/mol. The molecule has 1 aliphatic rings. The molecule has 0 radical (unpaired) electrons. The smallest absolute Gasteiger partial charge is 0.411 e. The second-order valence-electron chi connectivity index (χ2n) is 8.56. The number of rotatable bonds is 7. The fourth-order valence-corrected chi connectivity index (χ4v) is 4.23. The molecule has 7 heteroatoms. The van der Waals surface area contributed by atoms with Gasteiger partial charge in [0, 0.05) is 17.2 Å². The number of benzene rings is 3. The molecule has 34 heavy (non-hydrogen) atoms. The van der Waals surface area contributed by atoms with E-state index >= 15 is 0 Å². The first-order chi connectivity index (χ1) is 16.3. The number of fused-ring (bicyclic) bond motifs is 3. The normalized spacial score (nSPS) is 13.0. The van der Waals surface area contributed by atoms with Gasteiger partial charge in [0.25, 0.3) is 5.91 Å². The van der Waals surface area contributed by atoms with Crippen molar-refractivity contribution in [2.75, 3.05) is 11.9 Å². The van der Waals surface area contributed by atoms with E-state index in [4.69, 9.17) is 4.74 Å². The molecule has 0 saturated heterocycles. The van der Waals surface area contributed by atoms with Gasteiger partial charge in [0.2, 0.25) is 0 Å². The minimum Gasteiger partial charge on any atom is -0.480 e. The molecule has 0 bridgehead atoms. The highest BCUT2D eigenvalue weighted by Gasteiger charge is 2.29. The number of nitrogens with one attached hydrogen (secondary N) is 2. The summed E-state index contributed by atoms with van der Waals surface area (Å²) >= 11 is 0. The van der Waals surface area contributed by atoms with Crippen LogP contribution in [0.4, 0.5) is 10.5 Å². The van der Waals surface area contributed by atoms with Crippen LogP contribution in [0.5, 0.6) is 0 Å². The number of amides is 2. The zero-order chi connectivity index (χ0) is 24.2. The fourth-order valence-electron chi connectivity index (χ4n) is 4.23. The second kappa shape index (κ2) is 9.79. The number of carbonyl (C=O) groups is 3. The molecule has 2 amide bonds. The number of carboxylic acid groups (broad SMARTS) is 1. The Kier molecular flexibility index (Phi) is 6.63. The highest BCUT2D eigenvalue weighted by molar-refractivity contribution is 5.98. The fraction of sp³-hybridized carbons (Fsp3) is 0.222. The van der Waals surface area contributed by atoms with Crippen molar-refractivity contribution in [2.24, 2.45) is 5.92 Å². The van der Waals surface area contributed by atoms with E-state index < -0.39 is 24.0 Å². The molecule has 3 N–H and O–H groups in total. The van der Waals surface area contributed by atoms with Crippen LogP contribution in [-0.2, 0) is 9.53 Å². The molecule has 4 rings (SSSR count). The number of aliphatic carboxylic acids is 1. The maximum Gasteiger partial charge on any atom is 0.411 e. The molecule has 0 fully saturated rings. The van der Waals surface area contributed by atoms with E-state index in [0.29, 0.717) is 5.69 Å². The summed E-state index contributed by atoms with van der Waals surface area (Å²) in [7, 11) is 0. The molecule has 0 spiro atoms. The average Bonchev–Trinajstić information content (AvgIpc) is 3.14. The molecule has 0 aliphatic heterocycles. The van der Waals surface area contributed by atoms with Gasteiger partial charge in [0.1, 0.15) is 12.6 Å². The average molecular weight is 459 g/mol. The van der Waals surface area contributed by atoms with Crippen LogP contribution in [0.25, 0.3) is 11.1 Å². The molecule has 3 aromatic carbocycles. The van der Waals surface area contributed by atoms with Crippen molar-refractivity contribution < 1.29 is 24.2 Å². The topological polar surface area (TPSA) is 105 Å². The summed E-state index contributed by atoms with van der Waals surface area (Å²) in [5.41, 5.74) is 5.14. The van der Waals surface area contributed by atoms with Gasteiger partial charge in [-0.2, -0.15) is 0 Å². The molecule has 0 heterocycles. The lowest BCUT2D eigenvalue weighted by Crippen LogP contribution is -2.44. The summed E-state index contributed by atoms with van der Waals surface area (Å²) in [5, 5.41) is 14.5. The van der Waals surface area contributed by atoms with Gasteiger partial charge >= 0.3 is 12.1 Å². The summed E-state index contributed by atoms with van der Waals surface area (Å²) in [6.45, 7) is 3.61. The van der Waals surface area contributed by atoms with Crippen LogP contribution in [-0.4, -0.2) is 35.7 Å². The van der Waals surface area contributed by atoms with Crippen LogP contribution in [0.2, 0.25) is 0 Å². The Bertz CT molecular complexity index is 1190. The zero-order valence-electron chi connectivity index (χ0n) is 18.9. The van der Waals surface area contributed by atoms with Crippen LogP contribution in [0.15, 0.2) is 72.8 Å². The van der Waals surface area contributed by atoms with E-state index in [9.17, 15) is 19.5 Å². The predicted molar refractivity (Wildman–Crippen MR) is 129 cm³/mol. The summed E-state index contributed by atoms with van der Waals surface area (Å²) in [5.74, 6) is -1.96. The third-order valence-electron chi connectivity index (χ3n) is 5.93. The van der Waals surface area contributed by atoms with Gasteiger partial charge in [-0.1, -0.05) is 68.4 Å². The third-order valence-corrected chi connectivity index (χ3v) is 5.93. The Hall–Kier alpha value is -4.13.